The molecular weight excluding hydrogens is 346 g/mol. The second-order valence-corrected chi connectivity index (χ2v) is 7.17. The maximum Gasteiger partial charge on any atom is 0.311 e. The molecule has 0 bridgehead atoms. The SMILES string of the molecule is COc1ccc2c(CC(=O)O[C@@H](C)C(=O)N(C)C3CCCCC3)coc2c1. The molecule has 2 aromatic rings. The van der Waals surface area contributed by atoms with Gasteiger partial charge in [0.25, 0.3) is 5.91 Å². The molecule has 6 nitrogen and oxygen atoms in total. The third kappa shape index (κ3) is 4.43. The molecule has 1 fully saturated rings. The number of fused-ring (bicyclic) bond motifs is 1. The summed E-state index contributed by atoms with van der Waals surface area (Å²) in [6.07, 6.45) is 6.39. The van der Waals surface area contributed by atoms with E-state index in [0.29, 0.717) is 11.3 Å². The van der Waals surface area contributed by atoms with Crippen LogP contribution in [0.1, 0.15) is 44.6 Å². The molecule has 27 heavy (non-hydrogen) atoms. The summed E-state index contributed by atoms with van der Waals surface area (Å²) in [5.74, 6) is 0.111. The average molecular weight is 373 g/mol. The number of amides is 1. The van der Waals surface area contributed by atoms with Gasteiger partial charge in [-0.05, 0) is 31.9 Å². The molecule has 1 aliphatic rings. The van der Waals surface area contributed by atoms with E-state index in [4.69, 9.17) is 13.9 Å². The minimum absolute atomic E-state index is 0.0596. The van der Waals surface area contributed by atoms with E-state index >= 15 is 0 Å². The number of hydrogen-bond acceptors (Lipinski definition) is 5. The van der Waals surface area contributed by atoms with Gasteiger partial charge in [0.2, 0.25) is 0 Å². The Morgan fingerprint density at radius 1 is 1.26 bits per heavy atom. The number of rotatable bonds is 6. The monoisotopic (exact) mass is 373 g/mol. The van der Waals surface area contributed by atoms with Gasteiger partial charge in [-0.1, -0.05) is 19.3 Å². The smallest absolute Gasteiger partial charge is 0.311 e. The van der Waals surface area contributed by atoms with Gasteiger partial charge in [0, 0.05) is 30.1 Å². The van der Waals surface area contributed by atoms with E-state index in [9.17, 15) is 9.59 Å². The Bertz CT molecular complexity index is 806. The van der Waals surface area contributed by atoms with Crippen LogP contribution in [-0.2, 0) is 20.7 Å². The van der Waals surface area contributed by atoms with Crippen molar-refractivity contribution in [2.45, 2.75) is 57.6 Å². The van der Waals surface area contributed by atoms with Crippen LogP contribution in [-0.4, -0.2) is 43.1 Å². The van der Waals surface area contributed by atoms with Gasteiger partial charge in [-0.15, -0.1) is 0 Å². The number of likely N-dealkylation sites (N-methyl/N-ethyl adjacent to an activating group) is 1. The van der Waals surface area contributed by atoms with Crippen molar-refractivity contribution in [1.29, 1.82) is 0 Å². The second-order valence-electron chi connectivity index (χ2n) is 7.17. The lowest BCUT2D eigenvalue weighted by Crippen LogP contribution is -2.44. The fourth-order valence-corrected chi connectivity index (χ4v) is 3.71. The van der Waals surface area contributed by atoms with Crippen molar-refractivity contribution >= 4 is 22.8 Å². The minimum atomic E-state index is -0.789. The molecule has 146 valence electrons. The molecule has 1 saturated carbocycles. The highest BCUT2D eigenvalue weighted by molar-refractivity contribution is 5.88. The molecule has 1 atom stereocenters. The van der Waals surface area contributed by atoms with Crippen molar-refractivity contribution in [3.8, 4) is 5.75 Å². The Hall–Kier alpha value is -2.50. The first-order chi connectivity index (χ1) is 13.0. The maximum atomic E-state index is 12.6. The standard InChI is InChI=1S/C21H27NO5/c1-14(21(24)22(2)16-7-5-4-6-8-16)27-20(23)11-15-13-26-19-12-17(25-3)9-10-18(15)19/h9-10,12-14,16H,4-8,11H2,1-3H3/t14-/m0/s1. The summed E-state index contributed by atoms with van der Waals surface area (Å²) in [5, 5.41) is 0.839. The Morgan fingerprint density at radius 3 is 2.70 bits per heavy atom. The van der Waals surface area contributed by atoms with Gasteiger partial charge in [0.05, 0.1) is 19.8 Å². The zero-order valence-corrected chi connectivity index (χ0v) is 16.2. The number of esters is 1. The molecule has 1 aliphatic carbocycles. The van der Waals surface area contributed by atoms with E-state index in [1.807, 2.05) is 12.1 Å². The van der Waals surface area contributed by atoms with Crippen molar-refractivity contribution in [3.05, 3.63) is 30.0 Å². The number of carbonyl (C=O) groups excluding carboxylic acids is 2. The number of ether oxygens (including phenoxy) is 2. The molecule has 0 aliphatic heterocycles. The van der Waals surface area contributed by atoms with Crippen LogP contribution in [0.3, 0.4) is 0 Å². The Balaban J connectivity index is 1.59. The van der Waals surface area contributed by atoms with Gasteiger partial charge in [-0.25, -0.2) is 0 Å². The zero-order valence-electron chi connectivity index (χ0n) is 16.2. The summed E-state index contributed by atoms with van der Waals surface area (Å²) in [6, 6.07) is 5.69. The van der Waals surface area contributed by atoms with Crippen LogP contribution < -0.4 is 4.74 Å². The van der Waals surface area contributed by atoms with Crippen molar-refractivity contribution in [2.75, 3.05) is 14.2 Å². The molecule has 1 amide bonds. The quantitative estimate of drug-likeness (QED) is 0.722. The van der Waals surface area contributed by atoms with Crippen LogP contribution in [0.5, 0.6) is 5.75 Å². The topological polar surface area (TPSA) is 69.0 Å². The summed E-state index contributed by atoms with van der Waals surface area (Å²) >= 11 is 0. The van der Waals surface area contributed by atoms with Crippen LogP contribution in [0.15, 0.2) is 28.9 Å². The summed E-state index contributed by atoms with van der Waals surface area (Å²) in [5.41, 5.74) is 1.39. The second kappa shape index (κ2) is 8.46. The van der Waals surface area contributed by atoms with E-state index < -0.39 is 12.1 Å². The largest absolute Gasteiger partial charge is 0.497 e. The van der Waals surface area contributed by atoms with Gasteiger partial charge >= 0.3 is 5.97 Å². The molecule has 1 heterocycles. The molecule has 0 spiro atoms. The molecule has 1 aromatic carbocycles. The number of hydrogen-bond donors (Lipinski definition) is 0. The molecule has 6 heteroatoms. The molecule has 0 unspecified atom stereocenters. The Morgan fingerprint density at radius 2 is 2.00 bits per heavy atom. The number of benzene rings is 1. The lowest BCUT2D eigenvalue weighted by molar-refractivity contribution is -0.159. The van der Waals surface area contributed by atoms with Crippen LogP contribution in [0.4, 0.5) is 0 Å². The van der Waals surface area contributed by atoms with Crippen molar-refractivity contribution in [1.82, 2.24) is 4.90 Å². The highest BCUT2D eigenvalue weighted by Crippen LogP contribution is 2.26. The van der Waals surface area contributed by atoms with Crippen LogP contribution in [0, 0.1) is 0 Å². The fraction of sp³-hybridized carbons (Fsp3) is 0.524. The van der Waals surface area contributed by atoms with Gasteiger partial charge in [-0.3, -0.25) is 9.59 Å². The van der Waals surface area contributed by atoms with E-state index in [1.165, 1.54) is 6.42 Å². The third-order valence-corrected chi connectivity index (χ3v) is 5.32. The number of carbonyl (C=O) groups is 2. The van der Waals surface area contributed by atoms with Gasteiger partial charge in [0.15, 0.2) is 6.10 Å². The van der Waals surface area contributed by atoms with Gasteiger partial charge < -0.3 is 18.8 Å². The first-order valence-corrected chi connectivity index (χ1v) is 9.50. The summed E-state index contributed by atoms with van der Waals surface area (Å²) in [6.45, 7) is 1.64. The van der Waals surface area contributed by atoms with E-state index in [0.717, 1.165) is 36.6 Å². The lowest BCUT2D eigenvalue weighted by atomic mass is 9.94. The van der Waals surface area contributed by atoms with Crippen molar-refractivity contribution in [2.24, 2.45) is 0 Å². The molecule has 0 radical (unpaired) electrons. The van der Waals surface area contributed by atoms with Gasteiger partial charge in [-0.2, -0.15) is 0 Å². The lowest BCUT2D eigenvalue weighted by Gasteiger charge is -2.32. The number of furan rings is 1. The zero-order chi connectivity index (χ0) is 19.4. The Labute approximate surface area is 159 Å². The minimum Gasteiger partial charge on any atom is -0.497 e. The first kappa shape index (κ1) is 19.3. The molecule has 1 aromatic heterocycles. The normalized spacial score (nSPS) is 16.1. The average Bonchev–Trinajstić information content (AvgIpc) is 3.09. The molecule has 0 N–H and O–H groups in total. The van der Waals surface area contributed by atoms with Crippen molar-refractivity contribution < 1.29 is 23.5 Å². The molecule has 3 rings (SSSR count). The maximum absolute atomic E-state index is 12.6. The highest BCUT2D eigenvalue weighted by atomic mass is 16.5. The van der Waals surface area contributed by atoms with Crippen LogP contribution in [0.25, 0.3) is 11.0 Å². The molecule has 0 saturated heterocycles. The summed E-state index contributed by atoms with van der Waals surface area (Å²) in [7, 11) is 3.39. The van der Waals surface area contributed by atoms with E-state index in [1.54, 1.807) is 38.3 Å². The predicted molar refractivity (Wildman–Crippen MR) is 102 cm³/mol. The predicted octanol–water partition coefficient (Wildman–Crippen LogP) is 3.71. The highest BCUT2D eigenvalue weighted by Gasteiger charge is 2.27. The Kier molecular flexibility index (Phi) is 6.04. The summed E-state index contributed by atoms with van der Waals surface area (Å²) < 4.78 is 16.1. The van der Waals surface area contributed by atoms with Gasteiger partial charge in [0.1, 0.15) is 11.3 Å². The number of methoxy groups -OCH3 is 1. The molecular formula is C21H27NO5. The number of nitrogens with zero attached hydrogens (tertiary/aromatic N) is 1. The fourth-order valence-electron chi connectivity index (χ4n) is 3.71. The van der Waals surface area contributed by atoms with Crippen LogP contribution >= 0.6 is 0 Å². The summed E-state index contributed by atoms with van der Waals surface area (Å²) in [4.78, 5) is 26.7. The first-order valence-electron chi connectivity index (χ1n) is 9.50. The van der Waals surface area contributed by atoms with E-state index in [2.05, 4.69) is 0 Å². The third-order valence-electron chi connectivity index (χ3n) is 5.32. The van der Waals surface area contributed by atoms with Crippen molar-refractivity contribution in [3.63, 3.8) is 0 Å². The van der Waals surface area contributed by atoms with Crippen LogP contribution in [0.2, 0.25) is 0 Å². The van der Waals surface area contributed by atoms with E-state index in [-0.39, 0.29) is 18.4 Å².